The van der Waals surface area contributed by atoms with Crippen molar-refractivity contribution in [3.05, 3.63) is 45.3 Å². The summed E-state index contributed by atoms with van der Waals surface area (Å²) in [6.07, 6.45) is -3.09. The number of aromatic nitrogens is 1. The van der Waals surface area contributed by atoms with E-state index < -0.39 is 6.36 Å². The molecule has 1 aromatic heterocycles. The number of alkyl halides is 3. The summed E-state index contributed by atoms with van der Waals surface area (Å²) in [4.78, 5) is 3.98. The molecular weight excluding hydrogens is 393 g/mol. The molecule has 0 fully saturated rings. The van der Waals surface area contributed by atoms with E-state index in [0.717, 1.165) is 3.57 Å². The Morgan fingerprint density at radius 2 is 1.79 bits per heavy atom. The minimum atomic E-state index is -4.69. The molecule has 0 amide bonds. The van der Waals surface area contributed by atoms with E-state index >= 15 is 0 Å². The molecule has 2 rings (SSSR count). The van der Waals surface area contributed by atoms with Gasteiger partial charge in [0.05, 0.1) is 0 Å². The minimum absolute atomic E-state index is 0.272. The lowest BCUT2D eigenvalue weighted by Crippen LogP contribution is -2.16. The van der Waals surface area contributed by atoms with Gasteiger partial charge in [-0.15, -0.1) is 13.2 Å². The molecule has 1 aromatic carbocycles. The molecule has 1 heterocycles. The molecule has 0 saturated heterocycles. The molecule has 0 spiro atoms. The van der Waals surface area contributed by atoms with Gasteiger partial charge in [-0.3, -0.25) is 0 Å². The predicted molar refractivity (Wildman–Crippen MR) is 74.1 cm³/mol. The molecule has 19 heavy (non-hydrogen) atoms. The number of benzene rings is 1. The standard InChI is InChI=1S/C12H6ClF3INO/c13-11-10(5-8(17)6-18-11)7-1-3-9(4-2-7)19-12(14,15)16/h1-6H. The molecular formula is C12H6ClF3INO. The van der Waals surface area contributed by atoms with Crippen LogP contribution in [0.3, 0.4) is 0 Å². The van der Waals surface area contributed by atoms with Crippen molar-refractivity contribution in [1.29, 1.82) is 0 Å². The zero-order chi connectivity index (χ0) is 14.0. The summed E-state index contributed by atoms with van der Waals surface area (Å²) in [7, 11) is 0. The highest BCUT2D eigenvalue weighted by Crippen LogP contribution is 2.30. The first-order valence-corrected chi connectivity index (χ1v) is 6.48. The van der Waals surface area contributed by atoms with E-state index in [-0.39, 0.29) is 5.75 Å². The van der Waals surface area contributed by atoms with Crippen LogP contribution < -0.4 is 4.74 Å². The second-order valence-corrected chi connectivity index (χ2v) is 5.17. The molecule has 0 aliphatic heterocycles. The van der Waals surface area contributed by atoms with Crippen LogP contribution in [0, 0.1) is 3.57 Å². The van der Waals surface area contributed by atoms with Crippen molar-refractivity contribution in [2.75, 3.05) is 0 Å². The summed E-state index contributed by atoms with van der Waals surface area (Å²) in [5.74, 6) is -0.272. The number of nitrogens with zero attached hydrogens (tertiary/aromatic N) is 1. The van der Waals surface area contributed by atoms with Crippen LogP contribution in [-0.2, 0) is 0 Å². The molecule has 0 saturated carbocycles. The second kappa shape index (κ2) is 5.54. The molecule has 0 unspecified atom stereocenters. The van der Waals surface area contributed by atoms with Crippen molar-refractivity contribution in [2.45, 2.75) is 6.36 Å². The third-order valence-corrected chi connectivity index (χ3v) is 3.10. The second-order valence-electron chi connectivity index (χ2n) is 3.56. The Labute approximate surface area is 125 Å². The Balaban J connectivity index is 2.30. The molecule has 0 aliphatic rings. The average Bonchev–Trinajstić information content (AvgIpc) is 2.31. The van der Waals surface area contributed by atoms with Crippen molar-refractivity contribution < 1.29 is 17.9 Å². The summed E-state index contributed by atoms with van der Waals surface area (Å²) < 4.78 is 40.8. The Morgan fingerprint density at radius 1 is 1.16 bits per heavy atom. The highest BCUT2D eigenvalue weighted by molar-refractivity contribution is 14.1. The monoisotopic (exact) mass is 399 g/mol. The van der Waals surface area contributed by atoms with Gasteiger partial charge >= 0.3 is 6.36 Å². The number of hydrogen-bond acceptors (Lipinski definition) is 2. The van der Waals surface area contributed by atoms with Gasteiger partial charge in [0, 0.05) is 15.3 Å². The summed E-state index contributed by atoms with van der Waals surface area (Å²) >= 11 is 8.03. The number of ether oxygens (including phenoxy) is 1. The summed E-state index contributed by atoms with van der Waals surface area (Å²) in [6.45, 7) is 0. The summed E-state index contributed by atoms with van der Waals surface area (Å²) in [5, 5.41) is 0.296. The maximum atomic E-state index is 12.0. The van der Waals surface area contributed by atoms with Gasteiger partial charge in [-0.1, -0.05) is 23.7 Å². The Kier molecular flexibility index (Phi) is 4.19. The zero-order valence-electron chi connectivity index (χ0n) is 9.21. The molecule has 7 heteroatoms. The Hall–Kier alpha value is -1.02. The predicted octanol–water partition coefficient (Wildman–Crippen LogP) is 4.91. The van der Waals surface area contributed by atoms with Crippen LogP contribution in [0.1, 0.15) is 0 Å². The van der Waals surface area contributed by atoms with Crippen molar-refractivity contribution in [1.82, 2.24) is 4.98 Å². The first-order chi connectivity index (χ1) is 8.85. The largest absolute Gasteiger partial charge is 0.573 e. The fourth-order valence-electron chi connectivity index (χ4n) is 1.46. The zero-order valence-corrected chi connectivity index (χ0v) is 12.1. The lowest BCUT2D eigenvalue weighted by atomic mass is 10.1. The highest BCUT2D eigenvalue weighted by Gasteiger charge is 2.30. The quantitative estimate of drug-likeness (QED) is 0.529. The molecule has 100 valence electrons. The van der Waals surface area contributed by atoms with E-state index in [0.29, 0.717) is 16.3 Å². The maximum Gasteiger partial charge on any atom is 0.573 e. The topological polar surface area (TPSA) is 22.1 Å². The Bertz CT molecular complexity index is 587. The van der Waals surface area contributed by atoms with Crippen molar-refractivity contribution in [3.8, 4) is 16.9 Å². The van der Waals surface area contributed by atoms with Crippen molar-refractivity contribution in [2.24, 2.45) is 0 Å². The van der Waals surface area contributed by atoms with Crippen LogP contribution >= 0.6 is 34.2 Å². The molecule has 0 bridgehead atoms. The highest BCUT2D eigenvalue weighted by atomic mass is 127. The summed E-state index contributed by atoms with van der Waals surface area (Å²) in [6, 6.07) is 7.27. The third-order valence-electron chi connectivity index (χ3n) is 2.20. The van der Waals surface area contributed by atoms with Gasteiger partial charge in [0.2, 0.25) is 0 Å². The minimum Gasteiger partial charge on any atom is -0.406 e. The molecule has 0 atom stereocenters. The molecule has 0 radical (unpaired) electrons. The number of rotatable bonds is 2. The Morgan fingerprint density at radius 3 is 2.37 bits per heavy atom. The normalized spacial score (nSPS) is 11.4. The van der Waals surface area contributed by atoms with Gasteiger partial charge in [0.1, 0.15) is 10.9 Å². The van der Waals surface area contributed by atoms with Crippen LogP contribution in [-0.4, -0.2) is 11.3 Å². The lowest BCUT2D eigenvalue weighted by Gasteiger charge is -2.10. The molecule has 2 aromatic rings. The van der Waals surface area contributed by atoms with E-state index in [4.69, 9.17) is 11.6 Å². The first kappa shape index (κ1) is 14.4. The molecule has 0 N–H and O–H groups in total. The van der Waals surface area contributed by atoms with Crippen molar-refractivity contribution in [3.63, 3.8) is 0 Å². The maximum absolute atomic E-state index is 12.0. The van der Waals surface area contributed by atoms with Gasteiger partial charge in [-0.25, -0.2) is 4.98 Å². The van der Waals surface area contributed by atoms with Crippen LogP contribution in [0.25, 0.3) is 11.1 Å². The number of hydrogen-bond donors (Lipinski definition) is 0. The van der Waals surface area contributed by atoms with Crippen LogP contribution in [0.5, 0.6) is 5.75 Å². The van der Waals surface area contributed by atoms with Gasteiger partial charge in [0.15, 0.2) is 0 Å². The SMILES string of the molecule is FC(F)(F)Oc1ccc(-c2cc(I)cnc2Cl)cc1. The fourth-order valence-corrected chi connectivity index (χ4v) is 2.12. The fraction of sp³-hybridized carbons (Fsp3) is 0.0833. The van der Waals surface area contributed by atoms with Crippen LogP contribution in [0.4, 0.5) is 13.2 Å². The van der Waals surface area contributed by atoms with E-state index in [1.54, 1.807) is 12.3 Å². The van der Waals surface area contributed by atoms with E-state index in [1.165, 1.54) is 24.3 Å². The van der Waals surface area contributed by atoms with Gasteiger partial charge in [-0.05, 0) is 46.4 Å². The summed E-state index contributed by atoms with van der Waals surface area (Å²) in [5.41, 5.74) is 1.33. The van der Waals surface area contributed by atoms with Gasteiger partial charge in [-0.2, -0.15) is 0 Å². The molecule has 2 nitrogen and oxygen atoms in total. The van der Waals surface area contributed by atoms with Crippen LogP contribution in [0.15, 0.2) is 36.5 Å². The van der Waals surface area contributed by atoms with Gasteiger partial charge < -0.3 is 4.74 Å². The average molecular weight is 400 g/mol. The first-order valence-electron chi connectivity index (χ1n) is 5.02. The number of halogens is 5. The number of pyridine rings is 1. The van der Waals surface area contributed by atoms with Crippen molar-refractivity contribution >= 4 is 34.2 Å². The lowest BCUT2D eigenvalue weighted by molar-refractivity contribution is -0.274. The van der Waals surface area contributed by atoms with Gasteiger partial charge in [0.25, 0.3) is 0 Å². The molecule has 0 aliphatic carbocycles. The third kappa shape index (κ3) is 3.97. The van der Waals surface area contributed by atoms with Crippen LogP contribution in [0.2, 0.25) is 5.15 Å². The van der Waals surface area contributed by atoms with E-state index in [1.807, 2.05) is 0 Å². The smallest absolute Gasteiger partial charge is 0.406 e. The van der Waals surface area contributed by atoms with E-state index in [2.05, 4.69) is 32.3 Å². The van der Waals surface area contributed by atoms with E-state index in [9.17, 15) is 13.2 Å².